The molecule has 0 saturated carbocycles. The number of hydrogen-bond donors (Lipinski definition) is 1. The highest BCUT2D eigenvalue weighted by atomic mass is 16.3. The van der Waals surface area contributed by atoms with Gasteiger partial charge < -0.3 is 9.73 Å². The Morgan fingerprint density at radius 2 is 1.21 bits per heavy atom. The highest BCUT2D eigenvalue weighted by molar-refractivity contribution is 6.27. The molecule has 4 nitrogen and oxygen atoms in total. The Hall–Kier alpha value is -6.39. The van der Waals surface area contributed by atoms with Crippen molar-refractivity contribution in [1.82, 2.24) is 4.57 Å². The smallest absolute Gasteiger partial charge is 0.208 e. The number of anilines is 1. The van der Waals surface area contributed by atoms with Crippen LogP contribution in [0.25, 0.3) is 66.0 Å². The molecule has 0 radical (unpaired) electrons. The number of aromatic nitrogens is 1. The number of fused-ring (bicyclic) bond motifs is 8. The summed E-state index contributed by atoms with van der Waals surface area (Å²) in [6.45, 7) is 0. The Morgan fingerprint density at radius 3 is 2.08 bits per heavy atom. The van der Waals surface area contributed by atoms with E-state index in [9.17, 15) is 0 Å². The number of furan rings is 1. The normalized spacial score (nSPS) is 14.3. The molecule has 2 aromatic heterocycles. The monoisotopic (exact) mass is 615 g/mol. The number of nitrogens with one attached hydrogen (secondary N) is 1. The molecule has 1 N–H and O–H groups in total. The van der Waals surface area contributed by atoms with E-state index >= 15 is 0 Å². The SMILES string of the molecule is c1ccc(-c2cccc(C3N=C(n4c5ccccc5c5c6oc7c(-c8ccccc8)cccc7c6ccc54)Nc4ccccc43)c2)cc1. The van der Waals surface area contributed by atoms with Crippen LogP contribution in [0.3, 0.4) is 0 Å². The fraction of sp³-hybridized carbons (Fsp3) is 0.0227. The summed E-state index contributed by atoms with van der Waals surface area (Å²) in [6.07, 6.45) is 0. The van der Waals surface area contributed by atoms with Crippen molar-refractivity contribution in [3.05, 3.63) is 175 Å². The summed E-state index contributed by atoms with van der Waals surface area (Å²) in [5.41, 5.74) is 11.9. The molecule has 0 bridgehead atoms. The van der Waals surface area contributed by atoms with Crippen LogP contribution in [0.5, 0.6) is 0 Å². The molecule has 1 unspecified atom stereocenters. The van der Waals surface area contributed by atoms with Crippen LogP contribution in [0.15, 0.2) is 173 Å². The molecule has 0 aliphatic carbocycles. The largest absolute Gasteiger partial charge is 0.455 e. The first-order valence-electron chi connectivity index (χ1n) is 16.3. The van der Waals surface area contributed by atoms with Crippen LogP contribution >= 0.6 is 0 Å². The third-order valence-corrected chi connectivity index (χ3v) is 9.66. The van der Waals surface area contributed by atoms with Crippen molar-refractivity contribution in [2.75, 3.05) is 5.32 Å². The van der Waals surface area contributed by atoms with Crippen molar-refractivity contribution in [3.8, 4) is 22.3 Å². The molecular weight excluding hydrogens is 587 g/mol. The maximum atomic E-state index is 6.89. The molecule has 0 spiro atoms. The van der Waals surface area contributed by atoms with Gasteiger partial charge in [0, 0.05) is 33.0 Å². The number of aliphatic imine (C=N–C) groups is 1. The van der Waals surface area contributed by atoms with Crippen LogP contribution in [0.2, 0.25) is 0 Å². The van der Waals surface area contributed by atoms with Gasteiger partial charge in [0.1, 0.15) is 17.2 Å². The van der Waals surface area contributed by atoms with Crippen LogP contribution in [-0.4, -0.2) is 10.5 Å². The summed E-state index contributed by atoms with van der Waals surface area (Å²) in [6, 6.07) is 57.5. The van der Waals surface area contributed by atoms with Gasteiger partial charge in [-0.05, 0) is 52.6 Å². The molecule has 7 aromatic carbocycles. The Balaban J connectivity index is 1.21. The molecule has 1 atom stereocenters. The molecule has 4 heteroatoms. The first kappa shape index (κ1) is 26.8. The standard InChI is InChI=1S/C44H29N3O/c1-3-13-28(14-4-1)30-17-11-18-31(27-30)41-35-19-7-9-23-37(35)45-44(46-41)47-38-24-10-8-20-36(38)40-39(47)26-25-34-33-22-12-21-32(42(33)48-43(34)40)29-15-5-2-6-16-29/h1-27,41H,(H,45,46). The van der Waals surface area contributed by atoms with Gasteiger partial charge in [0.05, 0.1) is 16.4 Å². The van der Waals surface area contributed by atoms with E-state index < -0.39 is 0 Å². The van der Waals surface area contributed by atoms with Gasteiger partial charge >= 0.3 is 0 Å². The van der Waals surface area contributed by atoms with E-state index in [0.29, 0.717) is 0 Å². The van der Waals surface area contributed by atoms with Crippen molar-refractivity contribution >= 4 is 55.4 Å². The fourth-order valence-corrected chi connectivity index (χ4v) is 7.46. The van der Waals surface area contributed by atoms with Crippen molar-refractivity contribution < 1.29 is 4.42 Å². The van der Waals surface area contributed by atoms with Crippen LogP contribution in [0, 0.1) is 0 Å². The average Bonchev–Trinajstić information content (AvgIpc) is 3.71. The predicted molar refractivity (Wildman–Crippen MR) is 199 cm³/mol. The lowest BCUT2D eigenvalue weighted by Gasteiger charge is -2.27. The quantitative estimate of drug-likeness (QED) is 0.215. The predicted octanol–water partition coefficient (Wildman–Crippen LogP) is 11.4. The van der Waals surface area contributed by atoms with E-state index in [1.165, 1.54) is 11.1 Å². The van der Waals surface area contributed by atoms with E-state index in [2.05, 4.69) is 168 Å². The molecule has 1 aliphatic heterocycles. The second-order valence-electron chi connectivity index (χ2n) is 12.4. The molecule has 48 heavy (non-hydrogen) atoms. The van der Waals surface area contributed by atoms with Gasteiger partial charge in [-0.2, -0.15) is 0 Å². The van der Waals surface area contributed by atoms with Gasteiger partial charge in [-0.3, -0.25) is 4.57 Å². The topological polar surface area (TPSA) is 42.5 Å². The Morgan fingerprint density at radius 1 is 0.521 bits per heavy atom. The highest BCUT2D eigenvalue weighted by Gasteiger charge is 2.27. The fourth-order valence-electron chi connectivity index (χ4n) is 7.46. The van der Waals surface area contributed by atoms with Crippen LogP contribution in [0.4, 0.5) is 5.69 Å². The van der Waals surface area contributed by atoms with Crippen molar-refractivity contribution in [2.24, 2.45) is 4.99 Å². The van der Waals surface area contributed by atoms with Crippen molar-refractivity contribution in [1.29, 1.82) is 0 Å². The summed E-state index contributed by atoms with van der Waals surface area (Å²) in [5, 5.41) is 8.16. The zero-order valence-electron chi connectivity index (χ0n) is 26.0. The Kier molecular flexibility index (Phi) is 5.90. The second-order valence-corrected chi connectivity index (χ2v) is 12.4. The van der Waals surface area contributed by atoms with Gasteiger partial charge in [0.2, 0.25) is 5.96 Å². The number of nitrogens with zero attached hydrogens (tertiary/aromatic N) is 2. The van der Waals surface area contributed by atoms with Crippen LogP contribution in [-0.2, 0) is 0 Å². The maximum absolute atomic E-state index is 6.89. The van der Waals surface area contributed by atoms with Crippen molar-refractivity contribution in [3.63, 3.8) is 0 Å². The van der Waals surface area contributed by atoms with Crippen LogP contribution in [0.1, 0.15) is 17.2 Å². The second kappa shape index (κ2) is 10.6. The minimum absolute atomic E-state index is 0.180. The lowest BCUT2D eigenvalue weighted by Crippen LogP contribution is -2.27. The third kappa shape index (κ3) is 4.06. The summed E-state index contributed by atoms with van der Waals surface area (Å²) in [5.74, 6) is 0.787. The Labute approximate surface area is 277 Å². The van der Waals surface area contributed by atoms with E-state index in [1.807, 2.05) is 6.07 Å². The lowest BCUT2D eigenvalue weighted by molar-refractivity contribution is 0.674. The first-order chi connectivity index (χ1) is 23.8. The van der Waals surface area contributed by atoms with E-state index in [0.717, 1.165) is 77.6 Å². The molecule has 0 fully saturated rings. The maximum Gasteiger partial charge on any atom is 0.208 e. The highest BCUT2D eigenvalue weighted by Crippen LogP contribution is 2.43. The molecule has 0 amide bonds. The zero-order chi connectivity index (χ0) is 31.6. The molecule has 1 aliphatic rings. The van der Waals surface area contributed by atoms with Gasteiger partial charge in [-0.25, -0.2) is 4.99 Å². The van der Waals surface area contributed by atoms with E-state index in [-0.39, 0.29) is 6.04 Å². The summed E-state index contributed by atoms with van der Waals surface area (Å²) in [4.78, 5) is 5.49. The summed E-state index contributed by atoms with van der Waals surface area (Å²) < 4.78 is 9.15. The van der Waals surface area contributed by atoms with Gasteiger partial charge in [-0.15, -0.1) is 0 Å². The van der Waals surface area contributed by atoms with Crippen molar-refractivity contribution in [2.45, 2.75) is 6.04 Å². The molecule has 10 rings (SSSR count). The minimum atomic E-state index is -0.180. The van der Waals surface area contributed by atoms with Gasteiger partial charge in [0.25, 0.3) is 0 Å². The summed E-state index contributed by atoms with van der Waals surface area (Å²) in [7, 11) is 0. The Bertz CT molecular complexity index is 2700. The molecule has 226 valence electrons. The molecule has 0 saturated heterocycles. The number of rotatable bonds is 3. The number of hydrogen-bond acceptors (Lipinski definition) is 3. The molecule has 9 aromatic rings. The zero-order valence-corrected chi connectivity index (χ0v) is 26.0. The average molecular weight is 616 g/mol. The van der Waals surface area contributed by atoms with Gasteiger partial charge in [0.15, 0.2) is 0 Å². The minimum Gasteiger partial charge on any atom is -0.455 e. The molecule has 3 heterocycles. The number of benzene rings is 7. The summed E-state index contributed by atoms with van der Waals surface area (Å²) >= 11 is 0. The van der Waals surface area contributed by atoms with E-state index in [1.54, 1.807) is 0 Å². The first-order valence-corrected chi connectivity index (χ1v) is 16.3. The lowest BCUT2D eigenvalue weighted by atomic mass is 9.93. The van der Waals surface area contributed by atoms with Gasteiger partial charge in [-0.1, -0.05) is 133 Å². The molecular formula is C44H29N3O. The van der Waals surface area contributed by atoms with E-state index in [4.69, 9.17) is 9.41 Å². The number of para-hydroxylation sites is 3. The van der Waals surface area contributed by atoms with Crippen LogP contribution < -0.4 is 5.32 Å². The third-order valence-electron chi connectivity index (χ3n) is 9.66.